The van der Waals surface area contributed by atoms with Gasteiger partial charge in [-0.05, 0) is 37.4 Å². The number of nitrogens with one attached hydrogen (secondary N) is 1. The smallest absolute Gasteiger partial charge is 0.0456 e. The lowest BCUT2D eigenvalue weighted by molar-refractivity contribution is 0.688. The molecule has 0 aliphatic carbocycles. The number of benzene rings is 1. The number of unbranched alkanes of at least 4 members (excludes halogenated alkanes) is 2. The minimum atomic E-state index is 0.813. The number of aryl methyl sites for hydroxylation is 1. The molecule has 2 nitrogen and oxygen atoms in total. The summed E-state index contributed by atoms with van der Waals surface area (Å²) >= 11 is 0. The van der Waals surface area contributed by atoms with Gasteiger partial charge in [0.05, 0.1) is 0 Å². The van der Waals surface area contributed by atoms with Gasteiger partial charge in [0.25, 0.3) is 0 Å². The predicted molar refractivity (Wildman–Crippen MR) is 64.9 cm³/mol. The molecule has 0 spiro atoms. The molecule has 0 unspecified atom stereocenters. The maximum atomic E-state index is 5.47. The second-order valence-electron chi connectivity index (χ2n) is 3.96. The fraction of sp³-hybridized carbons (Fsp3) is 0.385. The van der Waals surface area contributed by atoms with Crippen molar-refractivity contribution in [3.63, 3.8) is 0 Å². The summed E-state index contributed by atoms with van der Waals surface area (Å²) in [4.78, 5) is 3.30. The van der Waals surface area contributed by atoms with Gasteiger partial charge in [0, 0.05) is 17.1 Å². The van der Waals surface area contributed by atoms with E-state index >= 15 is 0 Å². The maximum Gasteiger partial charge on any atom is 0.0456 e. The van der Waals surface area contributed by atoms with Crippen LogP contribution in [0.1, 0.15) is 24.8 Å². The molecule has 0 saturated carbocycles. The monoisotopic (exact) mass is 202 g/mol. The van der Waals surface area contributed by atoms with Gasteiger partial charge in [-0.15, -0.1) is 0 Å². The lowest BCUT2D eigenvalue weighted by atomic mass is 10.1. The molecule has 80 valence electrons. The number of aromatic amines is 1. The molecule has 0 aliphatic rings. The quantitative estimate of drug-likeness (QED) is 0.719. The molecular formula is C13H18N2. The zero-order chi connectivity index (χ0) is 10.5. The number of aromatic nitrogens is 1. The zero-order valence-corrected chi connectivity index (χ0v) is 9.00. The van der Waals surface area contributed by atoms with E-state index in [1.807, 2.05) is 0 Å². The highest BCUT2D eigenvalue weighted by Gasteiger charge is 2.01. The molecule has 1 heterocycles. The number of nitrogens with two attached hydrogens (primary N) is 1. The Morgan fingerprint density at radius 1 is 1.07 bits per heavy atom. The van der Waals surface area contributed by atoms with Gasteiger partial charge in [-0.1, -0.05) is 24.6 Å². The molecule has 1 aromatic heterocycles. The van der Waals surface area contributed by atoms with Gasteiger partial charge >= 0.3 is 0 Å². The normalized spacial score (nSPS) is 11.0. The van der Waals surface area contributed by atoms with Crippen molar-refractivity contribution in [1.29, 1.82) is 0 Å². The van der Waals surface area contributed by atoms with Gasteiger partial charge in [0.1, 0.15) is 0 Å². The summed E-state index contributed by atoms with van der Waals surface area (Å²) < 4.78 is 0. The third kappa shape index (κ3) is 2.39. The van der Waals surface area contributed by atoms with Crippen LogP contribution in [0.15, 0.2) is 30.5 Å². The molecular weight excluding hydrogens is 184 g/mol. The van der Waals surface area contributed by atoms with E-state index in [-0.39, 0.29) is 0 Å². The molecule has 2 rings (SSSR count). The Hall–Kier alpha value is -1.28. The standard InChI is InChI=1S/C13H18N2/c14-9-5-1-2-6-11-10-15-13-8-4-3-7-12(11)13/h3-4,7-8,10,15H,1-2,5-6,9,14H2. The maximum absolute atomic E-state index is 5.47. The second kappa shape index (κ2) is 4.99. The van der Waals surface area contributed by atoms with Crippen molar-refractivity contribution in [2.75, 3.05) is 6.54 Å². The van der Waals surface area contributed by atoms with Gasteiger partial charge in [0.2, 0.25) is 0 Å². The van der Waals surface area contributed by atoms with E-state index in [4.69, 9.17) is 5.73 Å². The Labute approximate surface area is 90.5 Å². The van der Waals surface area contributed by atoms with Crippen LogP contribution in [0.4, 0.5) is 0 Å². The summed E-state index contributed by atoms with van der Waals surface area (Å²) in [6.45, 7) is 0.813. The van der Waals surface area contributed by atoms with E-state index in [2.05, 4.69) is 35.4 Å². The van der Waals surface area contributed by atoms with Crippen molar-refractivity contribution in [3.05, 3.63) is 36.0 Å². The molecule has 0 fully saturated rings. The molecule has 1 aromatic carbocycles. The second-order valence-corrected chi connectivity index (χ2v) is 3.96. The third-order valence-electron chi connectivity index (χ3n) is 2.83. The van der Waals surface area contributed by atoms with E-state index in [0.717, 1.165) is 19.4 Å². The number of H-pyrrole nitrogens is 1. The molecule has 0 aliphatic heterocycles. The minimum absolute atomic E-state index is 0.813. The summed E-state index contributed by atoms with van der Waals surface area (Å²) in [5.74, 6) is 0. The lowest BCUT2D eigenvalue weighted by Gasteiger charge is -1.98. The third-order valence-corrected chi connectivity index (χ3v) is 2.83. The van der Waals surface area contributed by atoms with Crippen molar-refractivity contribution >= 4 is 10.9 Å². The van der Waals surface area contributed by atoms with E-state index in [9.17, 15) is 0 Å². The topological polar surface area (TPSA) is 41.8 Å². The summed E-state index contributed by atoms with van der Waals surface area (Å²) in [7, 11) is 0. The summed E-state index contributed by atoms with van der Waals surface area (Å²) in [5, 5.41) is 1.37. The molecule has 2 aromatic rings. The molecule has 15 heavy (non-hydrogen) atoms. The first-order valence-electron chi connectivity index (χ1n) is 5.67. The Kier molecular flexibility index (Phi) is 3.41. The minimum Gasteiger partial charge on any atom is -0.361 e. The lowest BCUT2D eigenvalue weighted by Crippen LogP contribution is -1.98. The molecule has 0 bridgehead atoms. The van der Waals surface area contributed by atoms with Crippen LogP contribution in [0.2, 0.25) is 0 Å². The number of rotatable bonds is 5. The first-order valence-corrected chi connectivity index (χ1v) is 5.67. The predicted octanol–water partition coefficient (Wildman–Crippen LogP) is 2.84. The van der Waals surface area contributed by atoms with Gasteiger partial charge in [-0.25, -0.2) is 0 Å². The Balaban J connectivity index is 2.02. The average Bonchev–Trinajstić information content (AvgIpc) is 2.68. The van der Waals surface area contributed by atoms with Crippen LogP contribution in [0.25, 0.3) is 10.9 Å². The van der Waals surface area contributed by atoms with E-state index < -0.39 is 0 Å². The first kappa shape index (κ1) is 10.2. The molecule has 0 saturated heterocycles. The fourth-order valence-electron chi connectivity index (χ4n) is 1.98. The van der Waals surface area contributed by atoms with Gasteiger partial charge < -0.3 is 10.7 Å². The molecule has 3 N–H and O–H groups in total. The van der Waals surface area contributed by atoms with Crippen LogP contribution in [0.5, 0.6) is 0 Å². The number of fused-ring (bicyclic) bond motifs is 1. The molecule has 0 amide bonds. The highest BCUT2D eigenvalue weighted by Crippen LogP contribution is 2.19. The van der Waals surface area contributed by atoms with Crippen molar-refractivity contribution in [1.82, 2.24) is 4.98 Å². The van der Waals surface area contributed by atoms with E-state index in [0.29, 0.717) is 0 Å². The highest BCUT2D eigenvalue weighted by molar-refractivity contribution is 5.82. The number of hydrogen-bond acceptors (Lipinski definition) is 1. The fourth-order valence-corrected chi connectivity index (χ4v) is 1.98. The van der Waals surface area contributed by atoms with Crippen LogP contribution in [0.3, 0.4) is 0 Å². The Morgan fingerprint density at radius 3 is 2.80 bits per heavy atom. The van der Waals surface area contributed by atoms with Gasteiger partial charge in [-0.2, -0.15) is 0 Å². The van der Waals surface area contributed by atoms with E-state index in [1.54, 1.807) is 0 Å². The largest absolute Gasteiger partial charge is 0.361 e. The number of hydrogen-bond donors (Lipinski definition) is 2. The van der Waals surface area contributed by atoms with Crippen molar-refractivity contribution < 1.29 is 0 Å². The summed E-state index contributed by atoms with van der Waals surface area (Å²) in [5.41, 5.74) is 8.15. The van der Waals surface area contributed by atoms with Gasteiger partial charge in [-0.3, -0.25) is 0 Å². The van der Waals surface area contributed by atoms with Crippen molar-refractivity contribution in [2.45, 2.75) is 25.7 Å². The summed E-state index contributed by atoms with van der Waals surface area (Å²) in [6.07, 6.45) is 6.90. The SMILES string of the molecule is NCCCCCc1c[nH]c2ccccc12. The molecule has 0 atom stereocenters. The van der Waals surface area contributed by atoms with Crippen LogP contribution >= 0.6 is 0 Å². The van der Waals surface area contributed by atoms with Crippen LogP contribution in [-0.4, -0.2) is 11.5 Å². The Bertz CT molecular complexity index is 417. The van der Waals surface area contributed by atoms with E-state index in [1.165, 1.54) is 29.3 Å². The average molecular weight is 202 g/mol. The van der Waals surface area contributed by atoms with Crippen LogP contribution in [0, 0.1) is 0 Å². The van der Waals surface area contributed by atoms with Gasteiger partial charge in [0.15, 0.2) is 0 Å². The molecule has 2 heteroatoms. The molecule has 0 radical (unpaired) electrons. The zero-order valence-electron chi connectivity index (χ0n) is 9.00. The number of para-hydroxylation sites is 1. The Morgan fingerprint density at radius 2 is 1.93 bits per heavy atom. The van der Waals surface area contributed by atoms with Crippen LogP contribution in [-0.2, 0) is 6.42 Å². The summed E-state index contributed by atoms with van der Waals surface area (Å²) in [6, 6.07) is 8.47. The van der Waals surface area contributed by atoms with Crippen LogP contribution < -0.4 is 5.73 Å². The highest BCUT2D eigenvalue weighted by atomic mass is 14.7. The van der Waals surface area contributed by atoms with Crippen molar-refractivity contribution in [3.8, 4) is 0 Å². The van der Waals surface area contributed by atoms with Crippen molar-refractivity contribution in [2.24, 2.45) is 5.73 Å². The first-order chi connectivity index (χ1) is 7.42.